The summed E-state index contributed by atoms with van der Waals surface area (Å²) in [5.74, 6) is 1.84. The Kier molecular flexibility index (Phi) is 4.13. The molecule has 0 aromatic rings. The zero-order chi connectivity index (χ0) is 8.81. The molecule has 68 valence electrons. The molecule has 1 aliphatic rings. The highest BCUT2D eigenvalue weighted by Crippen LogP contribution is 2.33. The van der Waals surface area contributed by atoms with E-state index in [1.807, 2.05) is 0 Å². The standard InChI is InChI=1S/C12H20/c1-3-6-11-8-5-9-12(10-11)7-4-2/h3-4,11-12H,1-2,5-10H2. The van der Waals surface area contributed by atoms with E-state index in [9.17, 15) is 0 Å². The van der Waals surface area contributed by atoms with E-state index in [2.05, 4.69) is 25.3 Å². The van der Waals surface area contributed by atoms with Gasteiger partial charge in [0.05, 0.1) is 0 Å². The first-order valence-corrected chi connectivity index (χ1v) is 5.08. The number of rotatable bonds is 4. The van der Waals surface area contributed by atoms with Crippen LogP contribution in [0.15, 0.2) is 25.3 Å². The molecule has 0 N–H and O–H groups in total. The Morgan fingerprint density at radius 3 is 1.92 bits per heavy atom. The van der Waals surface area contributed by atoms with E-state index < -0.39 is 0 Å². The molecule has 12 heavy (non-hydrogen) atoms. The van der Waals surface area contributed by atoms with Crippen LogP contribution in [-0.4, -0.2) is 0 Å². The first-order valence-electron chi connectivity index (χ1n) is 5.08. The highest BCUT2D eigenvalue weighted by Gasteiger charge is 2.19. The van der Waals surface area contributed by atoms with Gasteiger partial charge < -0.3 is 0 Å². The molecule has 0 bridgehead atoms. The molecule has 0 aromatic carbocycles. The summed E-state index contributed by atoms with van der Waals surface area (Å²) >= 11 is 0. The van der Waals surface area contributed by atoms with Gasteiger partial charge in [-0.3, -0.25) is 0 Å². The predicted molar refractivity (Wildman–Crippen MR) is 55.1 cm³/mol. The third kappa shape index (κ3) is 2.84. The molecule has 1 rings (SSSR count). The number of hydrogen-bond donors (Lipinski definition) is 0. The second kappa shape index (κ2) is 5.18. The zero-order valence-corrected chi connectivity index (χ0v) is 7.97. The zero-order valence-electron chi connectivity index (χ0n) is 7.97. The Morgan fingerprint density at radius 1 is 1.00 bits per heavy atom. The van der Waals surface area contributed by atoms with Crippen molar-refractivity contribution in [3.63, 3.8) is 0 Å². The molecule has 1 fully saturated rings. The van der Waals surface area contributed by atoms with Crippen LogP contribution in [0.25, 0.3) is 0 Å². The molecule has 0 aliphatic heterocycles. The van der Waals surface area contributed by atoms with E-state index in [-0.39, 0.29) is 0 Å². The minimum absolute atomic E-state index is 0.918. The van der Waals surface area contributed by atoms with Gasteiger partial charge in [0, 0.05) is 0 Å². The summed E-state index contributed by atoms with van der Waals surface area (Å²) in [6.07, 6.45) is 12.2. The van der Waals surface area contributed by atoms with E-state index in [0.29, 0.717) is 0 Å². The van der Waals surface area contributed by atoms with Crippen LogP contribution in [0.3, 0.4) is 0 Å². The van der Waals surface area contributed by atoms with Gasteiger partial charge in [0.15, 0.2) is 0 Å². The van der Waals surface area contributed by atoms with Crippen molar-refractivity contribution in [2.24, 2.45) is 11.8 Å². The van der Waals surface area contributed by atoms with E-state index >= 15 is 0 Å². The Hall–Kier alpha value is -0.520. The van der Waals surface area contributed by atoms with Crippen molar-refractivity contribution in [1.82, 2.24) is 0 Å². The lowest BCUT2D eigenvalue weighted by Crippen LogP contribution is -2.14. The van der Waals surface area contributed by atoms with Crippen molar-refractivity contribution < 1.29 is 0 Å². The minimum Gasteiger partial charge on any atom is -0.103 e. The average molecular weight is 164 g/mol. The molecular formula is C12H20. The van der Waals surface area contributed by atoms with Crippen molar-refractivity contribution in [3.8, 4) is 0 Å². The van der Waals surface area contributed by atoms with Gasteiger partial charge in [-0.15, -0.1) is 13.2 Å². The third-order valence-electron chi connectivity index (χ3n) is 2.89. The van der Waals surface area contributed by atoms with Crippen LogP contribution < -0.4 is 0 Å². The maximum absolute atomic E-state index is 3.81. The van der Waals surface area contributed by atoms with Crippen molar-refractivity contribution in [3.05, 3.63) is 25.3 Å². The van der Waals surface area contributed by atoms with Crippen molar-refractivity contribution in [2.75, 3.05) is 0 Å². The fourth-order valence-electron chi connectivity index (χ4n) is 2.30. The number of hydrogen-bond acceptors (Lipinski definition) is 0. The van der Waals surface area contributed by atoms with Gasteiger partial charge in [0.1, 0.15) is 0 Å². The first kappa shape index (κ1) is 9.57. The summed E-state index contributed by atoms with van der Waals surface area (Å²) < 4.78 is 0. The first-order chi connectivity index (χ1) is 5.86. The predicted octanol–water partition coefficient (Wildman–Crippen LogP) is 3.95. The molecule has 1 saturated carbocycles. The number of allylic oxidation sites excluding steroid dienone is 2. The normalized spacial score (nSPS) is 29.7. The van der Waals surface area contributed by atoms with Gasteiger partial charge in [-0.2, -0.15) is 0 Å². The fourth-order valence-corrected chi connectivity index (χ4v) is 2.30. The van der Waals surface area contributed by atoms with Crippen molar-refractivity contribution in [1.29, 1.82) is 0 Å². The minimum atomic E-state index is 0.918. The molecule has 0 nitrogen and oxygen atoms in total. The molecule has 0 spiro atoms. The van der Waals surface area contributed by atoms with Crippen LogP contribution in [0.5, 0.6) is 0 Å². The second-order valence-corrected chi connectivity index (χ2v) is 3.95. The maximum Gasteiger partial charge on any atom is -0.0325 e. The van der Waals surface area contributed by atoms with Crippen LogP contribution >= 0.6 is 0 Å². The van der Waals surface area contributed by atoms with Gasteiger partial charge >= 0.3 is 0 Å². The molecule has 0 radical (unpaired) electrons. The van der Waals surface area contributed by atoms with Gasteiger partial charge in [-0.05, 0) is 31.1 Å². The Morgan fingerprint density at radius 2 is 1.50 bits per heavy atom. The lowest BCUT2D eigenvalue weighted by molar-refractivity contribution is 0.270. The largest absolute Gasteiger partial charge is 0.103 e. The van der Waals surface area contributed by atoms with E-state index in [4.69, 9.17) is 0 Å². The summed E-state index contributed by atoms with van der Waals surface area (Å²) in [5, 5.41) is 0. The monoisotopic (exact) mass is 164 g/mol. The van der Waals surface area contributed by atoms with E-state index in [1.165, 1.54) is 38.5 Å². The molecule has 0 heteroatoms. The molecule has 0 saturated heterocycles. The van der Waals surface area contributed by atoms with Crippen LogP contribution in [0.2, 0.25) is 0 Å². The third-order valence-corrected chi connectivity index (χ3v) is 2.89. The SMILES string of the molecule is C=CCC1CCCC(CC=C)C1. The van der Waals surface area contributed by atoms with Crippen LogP contribution in [-0.2, 0) is 0 Å². The van der Waals surface area contributed by atoms with Gasteiger partial charge in [0.25, 0.3) is 0 Å². The van der Waals surface area contributed by atoms with Crippen molar-refractivity contribution >= 4 is 0 Å². The molecule has 0 heterocycles. The molecule has 2 unspecified atom stereocenters. The quantitative estimate of drug-likeness (QED) is 0.552. The average Bonchev–Trinajstić information content (AvgIpc) is 2.06. The van der Waals surface area contributed by atoms with Gasteiger partial charge in [-0.1, -0.05) is 31.4 Å². The van der Waals surface area contributed by atoms with Crippen LogP contribution in [0, 0.1) is 11.8 Å². The van der Waals surface area contributed by atoms with E-state index in [1.54, 1.807) is 0 Å². The molecular weight excluding hydrogens is 144 g/mol. The second-order valence-electron chi connectivity index (χ2n) is 3.95. The summed E-state index contributed by atoms with van der Waals surface area (Å²) in [7, 11) is 0. The Labute approximate surface area is 76.4 Å². The van der Waals surface area contributed by atoms with Crippen LogP contribution in [0.4, 0.5) is 0 Å². The van der Waals surface area contributed by atoms with Gasteiger partial charge in [-0.25, -0.2) is 0 Å². The van der Waals surface area contributed by atoms with Gasteiger partial charge in [0.2, 0.25) is 0 Å². The smallest absolute Gasteiger partial charge is 0.0325 e. The lowest BCUT2D eigenvalue weighted by Gasteiger charge is -2.27. The Bertz CT molecular complexity index is 130. The summed E-state index contributed by atoms with van der Waals surface area (Å²) in [6.45, 7) is 7.61. The maximum atomic E-state index is 3.81. The summed E-state index contributed by atoms with van der Waals surface area (Å²) in [5.41, 5.74) is 0. The highest BCUT2D eigenvalue weighted by molar-refractivity contribution is 4.82. The summed E-state index contributed by atoms with van der Waals surface area (Å²) in [4.78, 5) is 0. The highest BCUT2D eigenvalue weighted by atomic mass is 14.2. The van der Waals surface area contributed by atoms with E-state index in [0.717, 1.165) is 11.8 Å². The summed E-state index contributed by atoms with van der Waals surface area (Å²) in [6, 6.07) is 0. The molecule has 0 aromatic heterocycles. The molecule has 1 aliphatic carbocycles. The van der Waals surface area contributed by atoms with Crippen molar-refractivity contribution in [2.45, 2.75) is 38.5 Å². The fraction of sp³-hybridized carbons (Fsp3) is 0.667. The molecule has 2 atom stereocenters. The molecule has 0 amide bonds. The van der Waals surface area contributed by atoms with Crippen LogP contribution in [0.1, 0.15) is 38.5 Å². The topological polar surface area (TPSA) is 0 Å². The lowest BCUT2D eigenvalue weighted by atomic mass is 9.78. The Balaban J connectivity index is 2.29.